The van der Waals surface area contributed by atoms with E-state index in [1.807, 2.05) is 13.0 Å². The Morgan fingerprint density at radius 3 is 2.86 bits per heavy atom. The summed E-state index contributed by atoms with van der Waals surface area (Å²) in [5.74, 6) is -0.0389. The van der Waals surface area contributed by atoms with Crippen molar-refractivity contribution in [2.24, 2.45) is 5.92 Å². The molecule has 112 valence electrons. The van der Waals surface area contributed by atoms with E-state index in [-0.39, 0.29) is 30.2 Å². The van der Waals surface area contributed by atoms with Crippen molar-refractivity contribution in [2.45, 2.75) is 42.6 Å². The topological polar surface area (TPSA) is 44.8 Å². The molecule has 2 bridgehead atoms. The molecule has 0 aliphatic carbocycles. The van der Waals surface area contributed by atoms with Gasteiger partial charge in [0.15, 0.2) is 0 Å². The van der Waals surface area contributed by atoms with Crippen LogP contribution in [0.2, 0.25) is 4.82 Å². The average molecular weight is 353 g/mol. The van der Waals surface area contributed by atoms with Crippen LogP contribution < -0.4 is 4.46 Å². The van der Waals surface area contributed by atoms with Gasteiger partial charge in [-0.15, -0.1) is 0 Å². The molecule has 3 saturated heterocycles. The molecule has 3 fully saturated rings. The van der Waals surface area contributed by atoms with Gasteiger partial charge >= 0.3 is 130 Å². The average Bonchev–Trinajstić information content (AvgIpc) is 3.10. The van der Waals surface area contributed by atoms with Gasteiger partial charge in [-0.05, 0) is 0 Å². The van der Waals surface area contributed by atoms with Crippen molar-refractivity contribution in [1.82, 2.24) is 0 Å². The van der Waals surface area contributed by atoms with E-state index in [1.54, 1.807) is 0 Å². The van der Waals surface area contributed by atoms with Crippen LogP contribution in [0.25, 0.3) is 0 Å². The van der Waals surface area contributed by atoms with E-state index in [9.17, 15) is 4.79 Å². The molecule has 0 unspecified atom stereocenters. The van der Waals surface area contributed by atoms with Gasteiger partial charge in [-0.1, -0.05) is 0 Å². The van der Waals surface area contributed by atoms with Crippen molar-refractivity contribution in [1.29, 1.82) is 0 Å². The van der Waals surface area contributed by atoms with Gasteiger partial charge in [0.2, 0.25) is 0 Å². The third-order valence-corrected chi connectivity index (χ3v) is 7.50. The number of fused-ring (bicyclic) bond motifs is 1. The summed E-state index contributed by atoms with van der Waals surface area (Å²) < 4.78 is 18.6. The summed E-state index contributed by atoms with van der Waals surface area (Å²) in [6, 6.07) is 10.5. The van der Waals surface area contributed by atoms with Gasteiger partial charge in [0, 0.05) is 0 Å². The first-order valence-corrected chi connectivity index (χ1v) is 9.31. The maximum atomic E-state index is 12.2. The van der Waals surface area contributed by atoms with Crippen molar-refractivity contribution in [3.05, 3.63) is 30.3 Å². The molecule has 1 aromatic carbocycles. The number of benzene rings is 1. The van der Waals surface area contributed by atoms with Crippen LogP contribution >= 0.6 is 0 Å². The number of hydrogen-bond acceptors (Lipinski definition) is 4. The summed E-state index contributed by atoms with van der Waals surface area (Å²) in [7, 11) is 0. The van der Waals surface area contributed by atoms with E-state index < -0.39 is 6.10 Å². The fraction of sp³-hybridized carbons (Fsp3) is 0.562. The van der Waals surface area contributed by atoms with Crippen molar-refractivity contribution in [3.8, 4) is 0 Å². The summed E-state index contributed by atoms with van der Waals surface area (Å²) in [5.41, 5.74) is 0. The SMILES string of the molecule is CCOC(=O)[C@@H]1O[C@H]2C[C@@H]3O[C@H]2[C@H]1[C@H]3[Se]c1ccccc1. The van der Waals surface area contributed by atoms with E-state index in [4.69, 9.17) is 14.2 Å². The molecule has 21 heavy (non-hydrogen) atoms. The molecule has 6 atom stereocenters. The molecule has 0 amide bonds. The molecule has 0 saturated carbocycles. The van der Waals surface area contributed by atoms with E-state index >= 15 is 0 Å². The van der Waals surface area contributed by atoms with E-state index in [0.717, 1.165) is 6.42 Å². The first kappa shape index (κ1) is 13.8. The molecule has 3 heterocycles. The zero-order valence-corrected chi connectivity index (χ0v) is 13.5. The number of esters is 1. The minimum absolute atomic E-state index is 0.0947. The third-order valence-electron chi connectivity index (χ3n) is 4.49. The van der Waals surface area contributed by atoms with Gasteiger partial charge in [0.1, 0.15) is 0 Å². The number of carbonyl (C=O) groups excluding carboxylic acids is 1. The summed E-state index contributed by atoms with van der Waals surface area (Å²) in [6.45, 7) is 2.24. The standard InChI is InChI=1S/C16H18O4Se/c1-2-18-16(17)14-12-13-10(19-14)8-11(20-13)15(12)21-9-6-4-3-5-7-9/h3-7,10-15H,2,8H2,1H3/t10-,11-,12+,13+,14+,15-/m0/s1. The quantitative estimate of drug-likeness (QED) is 0.597. The van der Waals surface area contributed by atoms with Crippen molar-refractivity contribution >= 4 is 25.4 Å². The van der Waals surface area contributed by atoms with Gasteiger partial charge in [0.05, 0.1) is 0 Å². The van der Waals surface area contributed by atoms with E-state index in [2.05, 4.69) is 24.3 Å². The zero-order valence-electron chi connectivity index (χ0n) is 11.8. The number of carbonyl (C=O) groups is 1. The van der Waals surface area contributed by atoms with Crippen molar-refractivity contribution in [3.63, 3.8) is 0 Å². The van der Waals surface area contributed by atoms with Crippen LogP contribution in [0.15, 0.2) is 30.3 Å². The molecule has 0 radical (unpaired) electrons. The number of ether oxygens (including phenoxy) is 3. The second kappa shape index (κ2) is 5.40. The van der Waals surface area contributed by atoms with E-state index in [1.165, 1.54) is 4.46 Å². The Hall–Kier alpha value is -0.871. The molecule has 1 aromatic rings. The summed E-state index contributed by atoms with van der Waals surface area (Å²) in [6.07, 6.45) is 0.945. The fourth-order valence-corrected chi connectivity index (χ4v) is 6.66. The molecule has 5 heteroatoms. The molecule has 3 aliphatic rings. The van der Waals surface area contributed by atoms with E-state index in [0.29, 0.717) is 26.4 Å². The van der Waals surface area contributed by atoms with Crippen LogP contribution in [0.5, 0.6) is 0 Å². The minimum atomic E-state index is -0.428. The maximum absolute atomic E-state index is 12.2. The molecular formula is C16H18O4Se. The number of hydrogen-bond donors (Lipinski definition) is 0. The Morgan fingerprint density at radius 1 is 1.29 bits per heavy atom. The van der Waals surface area contributed by atoms with Crippen LogP contribution in [0.3, 0.4) is 0 Å². The van der Waals surface area contributed by atoms with Crippen LogP contribution in [-0.4, -0.2) is 51.9 Å². The van der Waals surface area contributed by atoms with Crippen LogP contribution in [0, 0.1) is 5.92 Å². The molecule has 0 N–H and O–H groups in total. The Morgan fingerprint density at radius 2 is 2.10 bits per heavy atom. The fourth-order valence-electron chi connectivity index (χ4n) is 3.70. The molecular weight excluding hydrogens is 335 g/mol. The second-order valence-corrected chi connectivity index (χ2v) is 8.32. The Labute approximate surface area is 130 Å². The Bertz CT molecular complexity index is 532. The summed E-state index contributed by atoms with van der Waals surface area (Å²) in [5, 5.41) is 0. The molecule has 4 rings (SSSR count). The predicted octanol–water partition coefficient (Wildman–Crippen LogP) is 0.922. The zero-order chi connectivity index (χ0) is 14.4. The van der Waals surface area contributed by atoms with Crippen molar-refractivity contribution in [2.75, 3.05) is 6.61 Å². The molecule has 0 spiro atoms. The van der Waals surface area contributed by atoms with Gasteiger partial charge in [-0.3, -0.25) is 0 Å². The van der Waals surface area contributed by atoms with Crippen LogP contribution in [-0.2, 0) is 19.0 Å². The normalized spacial score (nSPS) is 39.7. The van der Waals surface area contributed by atoms with Crippen LogP contribution in [0.1, 0.15) is 13.3 Å². The van der Waals surface area contributed by atoms with Gasteiger partial charge < -0.3 is 0 Å². The molecule has 0 aromatic heterocycles. The van der Waals surface area contributed by atoms with Crippen LogP contribution in [0.4, 0.5) is 0 Å². The monoisotopic (exact) mass is 354 g/mol. The molecule has 4 nitrogen and oxygen atoms in total. The van der Waals surface area contributed by atoms with Crippen molar-refractivity contribution < 1.29 is 19.0 Å². The number of rotatable bonds is 4. The first-order valence-electron chi connectivity index (χ1n) is 7.47. The summed E-state index contributed by atoms with van der Waals surface area (Å²) >= 11 is 0.300. The second-order valence-electron chi connectivity index (χ2n) is 5.69. The van der Waals surface area contributed by atoms with Gasteiger partial charge in [-0.2, -0.15) is 0 Å². The Kier molecular flexibility index (Phi) is 3.54. The third kappa shape index (κ3) is 2.23. The summed E-state index contributed by atoms with van der Waals surface area (Å²) in [4.78, 5) is 12.6. The Balaban J connectivity index is 1.56. The molecule has 3 aliphatic heterocycles. The first-order chi connectivity index (χ1) is 10.3. The van der Waals surface area contributed by atoms with Gasteiger partial charge in [0.25, 0.3) is 0 Å². The van der Waals surface area contributed by atoms with Gasteiger partial charge in [-0.25, -0.2) is 0 Å². The predicted molar refractivity (Wildman–Crippen MR) is 77.6 cm³/mol.